The van der Waals surface area contributed by atoms with Gasteiger partial charge in [-0.15, -0.1) is 0 Å². The van der Waals surface area contributed by atoms with E-state index in [1.165, 1.54) is 62.1 Å². The summed E-state index contributed by atoms with van der Waals surface area (Å²) in [4.78, 5) is 12.0. The average Bonchev–Trinajstić information content (AvgIpc) is 2.82. The minimum atomic E-state index is 0.952. The van der Waals surface area contributed by atoms with Crippen molar-refractivity contribution in [1.29, 1.82) is 0 Å². The normalized spacial score (nSPS) is 20.5. The molecule has 1 aromatic heterocycles. The summed E-state index contributed by atoms with van der Waals surface area (Å²) in [5, 5.41) is 0. The van der Waals surface area contributed by atoms with Gasteiger partial charge in [0.05, 0.1) is 6.54 Å². The summed E-state index contributed by atoms with van der Waals surface area (Å²) >= 11 is 0. The van der Waals surface area contributed by atoms with E-state index in [0.717, 1.165) is 18.8 Å². The van der Waals surface area contributed by atoms with Gasteiger partial charge in [-0.05, 0) is 64.1 Å². The summed E-state index contributed by atoms with van der Waals surface area (Å²) in [6.45, 7) is 5.55. The van der Waals surface area contributed by atoms with E-state index in [9.17, 15) is 0 Å². The molecule has 0 unspecified atom stereocenters. The Morgan fingerprint density at radius 3 is 2.59 bits per heavy atom. The molecule has 0 N–H and O–H groups in total. The molecule has 1 aromatic rings. The molecule has 3 nitrogen and oxygen atoms in total. The fourth-order valence-electron chi connectivity index (χ4n) is 3.06. The third kappa shape index (κ3) is 2.34. The van der Waals surface area contributed by atoms with Crippen LogP contribution in [0, 0.1) is 6.92 Å². The molecular formula is C14H21N3. The smallest absolute Gasteiger partial charge is 0.142 e. The minimum Gasteiger partial charge on any atom is -0.296 e. The largest absolute Gasteiger partial charge is 0.296 e. The van der Waals surface area contributed by atoms with Crippen LogP contribution in [0.2, 0.25) is 0 Å². The van der Waals surface area contributed by atoms with E-state index in [0.29, 0.717) is 0 Å². The van der Waals surface area contributed by atoms with Crippen molar-refractivity contribution < 1.29 is 0 Å². The Morgan fingerprint density at radius 1 is 1.00 bits per heavy atom. The highest BCUT2D eigenvalue weighted by atomic mass is 15.2. The molecule has 0 spiro atoms. The van der Waals surface area contributed by atoms with E-state index in [4.69, 9.17) is 9.97 Å². The van der Waals surface area contributed by atoms with Crippen molar-refractivity contribution in [1.82, 2.24) is 14.9 Å². The molecule has 0 amide bonds. The van der Waals surface area contributed by atoms with Crippen LogP contribution in [0.3, 0.4) is 0 Å². The Balaban J connectivity index is 1.82. The van der Waals surface area contributed by atoms with Gasteiger partial charge < -0.3 is 0 Å². The van der Waals surface area contributed by atoms with E-state index in [2.05, 4.69) is 11.8 Å². The maximum Gasteiger partial charge on any atom is 0.142 e. The predicted molar refractivity (Wildman–Crippen MR) is 67.9 cm³/mol. The molecule has 0 radical (unpaired) electrons. The number of aromatic nitrogens is 2. The first-order chi connectivity index (χ1) is 8.33. The van der Waals surface area contributed by atoms with Gasteiger partial charge in [-0.25, -0.2) is 9.97 Å². The lowest BCUT2D eigenvalue weighted by Crippen LogP contribution is -2.22. The first kappa shape index (κ1) is 11.1. The Kier molecular flexibility index (Phi) is 3.10. The van der Waals surface area contributed by atoms with Crippen molar-refractivity contribution in [2.24, 2.45) is 0 Å². The summed E-state index contributed by atoms with van der Waals surface area (Å²) in [6, 6.07) is 0. The third-order valence-corrected chi connectivity index (χ3v) is 4.00. The van der Waals surface area contributed by atoms with E-state index < -0.39 is 0 Å². The van der Waals surface area contributed by atoms with Gasteiger partial charge in [0.2, 0.25) is 0 Å². The summed E-state index contributed by atoms with van der Waals surface area (Å²) in [5.41, 5.74) is 3.99. The van der Waals surface area contributed by atoms with Crippen LogP contribution >= 0.6 is 0 Å². The first-order valence-corrected chi connectivity index (χ1v) is 6.90. The van der Waals surface area contributed by atoms with Crippen LogP contribution in [0.25, 0.3) is 0 Å². The zero-order valence-electron chi connectivity index (χ0n) is 10.7. The number of aryl methyl sites for hydroxylation is 2. The summed E-state index contributed by atoms with van der Waals surface area (Å²) in [5.74, 6) is 1.05. The van der Waals surface area contributed by atoms with E-state index in [1.54, 1.807) is 0 Å². The van der Waals surface area contributed by atoms with Gasteiger partial charge in [0, 0.05) is 11.4 Å². The van der Waals surface area contributed by atoms with Crippen molar-refractivity contribution in [3.8, 4) is 0 Å². The Hall–Kier alpha value is -0.960. The van der Waals surface area contributed by atoms with Crippen LogP contribution in [-0.2, 0) is 19.4 Å². The van der Waals surface area contributed by atoms with E-state index >= 15 is 0 Å². The van der Waals surface area contributed by atoms with Gasteiger partial charge in [0.15, 0.2) is 0 Å². The van der Waals surface area contributed by atoms with Crippen LogP contribution < -0.4 is 0 Å². The van der Waals surface area contributed by atoms with Gasteiger partial charge in [-0.1, -0.05) is 0 Å². The van der Waals surface area contributed by atoms with Gasteiger partial charge in [0.1, 0.15) is 5.82 Å². The molecule has 0 bridgehead atoms. The van der Waals surface area contributed by atoms with Crippen LogP contribution in [0.4, 0.5) is 0 Å². The average molecular weight is 231 g/mol. The quantitative estimate of drug-likeness (QED) is 0.782. The monoisotopic (exact) mass is 231 g/mol. The predicted octanol–water partition coefficient (Wildman–Crippen LogP) is 2.26. The molecule has 2 aliphatic rings. The molecule has 17 heavy (non-hydrogen) atoms. The summed E-state index contributed by atoms with van der Waals surface area (Å²) in [7, 11) is 0. The molecule has 0 saturated carbocycles. The van der Waals surface area contributed by atoms with Crippen molar-refractivity contribution in [2.45, 2.75) is 52.0 Å². The lowest BCUT2D eigenvalue weighted by Gasteiger charge is -2.19. The third-order valence-electron chi connectivity index (χ3n) is 4.00. The highest BCUT2D eigenvalue weighted by Crippen LogP contribution is 2.22. The molecule has 1 saturated heterocycles. The zero-order chi connectivity index (χ0) is 11.7. The lowest BCUT2D eigenvalue weighted by atomic mass is 9.95. The second-order valence-electron chi connectivity index (χ2n) is 5.34. The van der Waals surface area contributed by atoms with Crippen molar-refractivity contribution in [3.05, 3.63) is 22.8 Å². The lowest BCUT2D eigenvalue weighted by molar-refractivity contribution is 0.321. The molecule has 1 aliphatic carbocycles. The Labute approximate surface area is 103 Å². The molecule has 1 fully saturated rings. The van der Waals surface area contributed by atoms with E-state index in [1.807, 2.05) is 0 Å². The zero-order valence-corrected chi connectivity index (χ0v) is 10.7. The van der Waals surface area contributed by atoms with Crippen LogP contribution in [-0.4, -0.2) is 28.0 Å². The SMILES string of the molecule is Cc1nc(CN2CCCC2)nc2c1CCCC2. The highest BCUT2D eigenvalue weighted by Gasteiger charge is 2.18. The van der Waals surface area contributed by atoms with Crippen molar-refractivity contribution in [3.63, 3.8) is 0 Å². The van der Waals surface area contributed by atoms with Crippen LogP contribution in [0.1, 0.15) is 48.5 Å². The van der Waals surface area contributed by atoms with Gasteiger partial charge in [-0.3, -0.25) is 4.90 Å². The number of nitrogens with zero attached hydrogens (tertiary/aromatic N) is 3. The number of hydrogen-bond acceptors (Lipinski definition) is 3. The second-order valence-corrected chi connectivity index (χ2v) is 5.34. The van der Waals surface area contributed by atoms with Gasteiger partial charge >= 0.3 is 0 Å². The highest BCUT2D eigenvalue weighted by molar-refractivity contribution is 5.27. The maximum atomic E-state index is 4.78. The molecule has 3 heteroatoms. The molecule has 0 aromatic carbocycles. The molecule has 0 atom stereocenters. The van der Waals surface area contributed by atoms with Gasteiger partial charge in [0.25, 0.3) is 0 Å². The number of likely N-dealkylation sites (tertiary alicyclic amines) is 1. The summed E-state index contributed by atoms with van der Waals surface area (Å²) < 4.78 is 0. The number of fused-ring (bicyclic) bond motifs is 1. The Bertz CT molecular complexity index is 408. The number of hydrogen-bond donors (Lipinski definition) is 0. The standard InChI is InChI=1S/C14H21N3/c1-11-12-6-2-3-7-13(12)16-14(15-11)10-17-8-4-5-9-17/h2-10H2,1H3. The Morgan fingerprint density at radius 2 is 1.76 bits per heavy atom. The fraction of sp³-hybridized carbons (Fsp3) is 0.714. The van der Waals surface area contributed by atoms with Crippen molar-refractivity contribution >= 4 is 0 Å². The van der Waals surface area contributed by atoms with E-state index in [-0.39, 0.29) is 0 Å². The molecule has 92 valence electrons. The molecule has 2 heterocycles. The first-order valence-electron chi connectivity index (χ1n) is 6.90. The fourth-order valence-corrected chi connectivity index (χ4v) is 3.06. The van der Waals surface area contributed by atoms with Crippen molar-refractivity contribution in [2.75, 3.05) is 13.1 Å². The maximum absolute atomic E-state index is 4.78. The molecule has 1 aliphatic heterocycles. The summed E-state index contributed by atoms with van der Waals surface area (Å²) in [6.07, 6.45) is 7.62. The second kappa shape index (κ2) is 4.73. The van der Waals surface area contributed by atoms with Crippen LogP contribution in [0.15, 0.2) is 0 Å². The van der Waals surface area contributed by atoms with Crippen LogP contribution in [0.5, 0.6) is 0 Å². The number of rotatable bonds is 2. The topological polar surface area (TPSA) is 29.0 Å². The molecular weight excluding hydrogens is 210 g/mol. The molecule has 3 rings (SSSR count). The van der Waals surface area contributed by atoms with Gasteiger partial charge in [-0.2, -0.15) is 0 Å². The minimum absolute atomic E-state index is 0.952.